The van der Waals surface area contributed by atoms with Crippen molar-refractivity contribution in [1.82, 2.24) is 9.97 Å². The first-order valence-electron chi connectivity index (χ1n) is 6.24. The molecular formula is C14H15N3O3S. The molecule has 3 N–H and O–H groups in total. The average Bonchev–Trinajstić information content (AvgIpc) is 2.96. The van der Waals surface area contributed by atoms with Crippen molar-refractivity contribution >= 4 is 15.7 Å². The highest BCUT2D eigenvalue weighted by atomic mass is 32.2. The minimum Gasteiger partial charge on any atom is -0.395 e. The molecule has 1 aromatic heterocycles. The Kier molecular flexibility index (Phi) is 4.62. The third-order valence-corrected chi connectivity index (χ3v) is 4.01. The zero-order valence-electron chi connectivity index (χ0n) is 11.4. The second-order valence-corrected chi connectivity index (χ2v) is 5.98. The average molecular weight is 305 g/mol. The van der Waals surface area contributed by atoms with Crippen LogP contribution in [0.5, 0.6) is 0 Å². The molecule has 2 rings (SSSR count). The van der Waals surface area contributed by atoms with Crippen LogP contribution in [0.3, 0.4) is 0 Å². The standard InChI is InChI=1S/C14H15N3O3S/c1-11-8-13(6-5-12(11)4-2-3-7-18)17-21(19,20)14-9-15-10-16-14/h5-6,8-10,17-18H,3,7H2,1H3,(H,15,16). The largest absolute Gasteiger partial charge is 0.395 e. The lowest BCUT2D eigenvalue weighted by atomic mass is 10.1. The van der Waals surface area contributed by atoms with Gasteiger partial charge in [0.25, 0.3) is 10.0 Å². The number of imidazole rings is 1. The predicted octanol–water partition coefficient (Wildman–Crippen LogP) is 1.25. The zero-order chi connectivity index (χ0) is 15.3. The van der Waals surface area contributed by atoms with Gasteiger partial charge in [-0.2, -0.15) is 8.42 Å². The smallest absolute Gasteiger partial charge is 0.278 e. The second kappa shape index (κ2) is 6.43. The molecule has 0 fully saturated rings. The van der Waals surface area contributed by atoms with Crippen molar-refractivity contribution in [3.8, 4) is 11.8 Å². The van der Waals surface area contributed by atoms with E-state index < -0.39 is 10.0 Å². The van der Waals surface area contributed by atoms with E-state index in [-0.39, 0.29) is 11.6 Å². The van der Waals surface area contributed by atoms with Crippen molar-refractivity contribution in [2.45, 2.75) is 18.4 Å². The summed E-state index contributed by atoms with van der Waals surface area (Å²) in [7, 11) is -3.66. The molecule has 0 radical (unpaired) electrons. The second-order valence-electron chi connectivity index (χ2n) is 4.33. The molecule has 0 unspecified atom stereocenters. The first-order chi connectivity index (χ1) is 10.0. The van der Waals surface area contributed by atoms with Crippen LogP contribution >= 0.6 is 0 Å². The Morgan fingerprint density at radius 1 is 1.43 bits per heavy atom. The van der Waals surface area contributed by atoms with Crippen LogP contribution in [0.15, 0.2) is 35.7 Å². The van der Waals surface area contributed by atoms with Gasteiger partial charge in [0.15, 0.2) is 5.03 Å². The molecule has 6 nitrogen and oxygen atoms in total. The molecule has 0 spiro atoms. The summed E-state index contributed by atoms with van der Waals surface area (Å²) < 4.78 is 26.5. The Morgan fingerprint density at radius 2 is 2.24 bits per heavy atom. The number of hydrogen-bond donors (Lipinski definition) is 3. The van der Waals surface area contributed by atoms with Gasteiger partial charge in [-0.05, 0) is 30.7 Å². The van der Waals surface area contributed by atoms with E-state index in [9.17, 15) is 8.42 Å². The van der Waals surface area contributed by atoms with E-state index in [1.165, 1.54) is 12.5 Å². The number of aliphatic hydroxyl groups is 1. The maximum atomic E-state index is 12.0. The normalized spacial score (nSPS) is 10.8. The van der Waals surface area contributed by atoms with Crippen LogP contribution in [0.25, 0.3) is 0 Å². The molecule has 0 atom stereocenters. The SMILES string of the molecule is Cc1cc(NS(=O)(=O)c2cnc[nH]2)ccc1C#CCCO. The van der Waals surface area contributed by atoms with Gasteiger partial charge in [-0.1, -0.05) is 11.8 Å². The number of H-pyrrole nitrogens is 1. The topological polar surface area (TPSA) is 95.1 Å². The van der Waals surface area contributed by atoms with Gasteiger partial charge in [0.1, 0.15) is 0 Å². The lowest BCUT2D eigenvalue weighted by molar-refractivity contribution is 0.305. The van der Waals surface area contributed by atoms with E-state index in [1.807, 2.05) is 6.92 Å². The van der Waals surface area contributed by atoms with E-state index >= 15 is 0 Å². The third kappa shape index (κ3) is 3.84. The number of nitrogens with zero attached hydrogens (tertiary/aromatic N) is 1. The van der Waals surface area contributed by atoms with Crippen LogP contribution in [0.1, 0.15) is 17.5 Å². The first-order valence-corrected chi connectivity index (χ1v) is 7.73. The summed E-state index contributed by atoms with van der Waals surface area (Å²) in [6.45, 7) is 1.87. The number of nitrogens with one attached hydrogen (secondary N) is 2. The number of anilines is 1. The number of aryl methyl sites for hydroxylation is 1. The van der Waals surface area contributed by atoms with Crippen molar-refractivity contribution in [3.63, 3.8) is 0 Å². The van der Waals surface area contributed by atoms with E-state index in [1.54, 1.807) is 18.2 Å². The summed E-state index contributed by atoms with van der Waals surface area (Å²) in [6, 6.07) is 5.09. The van der Waals surface area contributed by atoms with Crippen molar-refractivity contribution in [2.75, 3.05) is 11.3 Å². The van der Waals surface area contributed by atoms with Gasteiger partial charge in [-0.15, -0.1) is 0 Å². The van der Waals surface area contributed by atoms with E-state index in [2.05, 4.69) is 26.5 Å². The van der Waals surface area contributed by atoms with Gasteiger partial charge < -0.3 is 10.1 Å². The molecule has 0 saturated carbocycles. The lowest BCUT2D eigenvalue weighted by Gasteiger charge is -2.08. The fourth-order valence-electron chi connectivity index (χ4n) is 1.68. The summed E-state index contributed by atoms with van der Waals surface area (Å²) in [4.78, 5) is 6.24. The fraction of sp³-hybridized carbons (Fsp3) is 0.214. The Bertz CT molecular complexity index is 772. The van der Waals surface area contributed by atoms with Crippen LogP contribution in [0.4, 0.5) is 5.69 Å². The van der Waals surface area contributed by atoms with E-state index in [0.717, 1.165) is 11.1 Å². The molecule has 1 heterocycles. The summed E-state index contributed by atoms with van der Waals surface area (Å²) in [5.41, 5.74) is 2.10. The summed E-state index contributed by atoms with van der Waals surface area (Å²) in [5, 5.41) is 8.69. The number of benzene rings is 1. The van der Waals surface area contributed by atoms with Crippen molar-refractivity contribution in [1.29, 1.82) is 0 Å². The quantitative estimate of drug-likeness (QED) is 0.741. The number of sulfonamides is 1. The van der Waals surface area contributed by atoms with Gasteiger partial charge in [0.05, 0.1) is 19.1 Å². The molecule has 0 bridgehead atoms. The molecule has 0 amide bonds. The highest BCUT2D eigenvalue weighted by Gasteiger charge is 2.15. The number of aromatic nitrogens is 2. The minimum atomic E-state index is -3.66. The molecule has 110 valence electrons. The molecule has 0 aliphatic rings. The van der Waals surface area contributed by atoms with Crippen LogP contribution < -0.4 is 4.72 Å². The summed E-state index contributed by atoms with van der Waals surface area (Å²) in [6.07, 6.45) is 2.96. The Balaban J connectivity index is 2.20. The van der Waals surface area contributed by atoms with Crippen LogP contribution in [-0.4, -0.2) is 30.1 Å². The van der Waals surface area contributed by atoms with Crippen molar-refractivity contribution < 1.29 is 13.5 Å². The highest BCUT2D eigenvalue weighted by Crippen LogP contribution is 2.17. The first kappa shape index (κ1) is 15.1. The molecule has 0 aliphatic carbocycles. The van der Waals surface area contributed by atoms with Crippen LogP contribution in [-0.2, 0) is 10.0 Å². The van der Waals surface area contributed by atoms with Crippen LogP contribution in [0, 0.1) is 18.8 Å². The van der Waals surface area contributed by atoms with Gasteiger partial charge in [-0.3, -0.25) is 4.72 Å². The maximum absolute atomic E-state index is 12.0. The minimum absolute atomic E-state index is 0.00645. The molecular weight excluding hydrogens is 290 g/mol. The van der Waals surface area contributed by atoms with Gasteiger partial charge in [0.2, 0.25) is 0 Å². The number of rotatable bonds is 4. The monoisotopic (exact) mass is 305 g/mol. The highest BCUT2D eigenvalue weighted by molar-refractivity contribution is 7.92. The van der Waals surface area contributed by atoms with Gasteiger partial charge >= 0.3 is 0 Å². The van der Waals surface area contributed by atoms with Crippen molar-refractivity contribution in [3.05, 3.63) is 41.9 Å². The predicted molar refractivity (Wildman–Crippen MR) is 79.2 cm³/mol. The maximum Gasteiger partial charge on any atom is 0.278 e. The Hall–Kier alpha value is -2.30. The Labute approximate surface area is 123 Å². The number of aromatic amines is 1. The van der Waals surface area contributed by atoms with E-state index in [4.69, 9.17) is 5.11 Å². The third-order valence-electron chi connectivity index (χ3n) is 2.70. The molecule has 0 saturated heterocycles. The van der Waals surface area contributed by atoms with Crippen molar-refractivity contribution in [2.24, 2.45) is 0 Å². The van der Waals surface area contributed by atoms with Crippen LogP contribution in [0.2, 0.25) is 0 Å². The molecule has 2 aromatic rings. The van der Waals surface area contributed by atoms with Gasteiger partial charge in [-0.25, -0.2) is 4.98 Å². The molecule has 21 heavy (non-hydrogen) atoms. The van der Waals surface area contributed by atoms with E-state index in [0.29, 0.717) is 12.1 Å². The Morgan fingerprint density at radius 3 is 2.86 bits per heavy atom. The number of aliphatic hydroxyl groups excluding tert-OH is 1. The molecule has 7 heteroatoms. The fourth-order valence-corrected chi connectivity index (χ4v) is 2.64. The summed E-state index contributed by atoms with van der Waals surface area (Å²) >= 11 is 0. The molecule has 1 aromatic carbocycles. The lowest BCUT2D eigenvalue weighted by Crippen LogP contribution is -2.13. The zero-order valence-corrected chi connectivity index (χ0v) is 12.2. The number of hydrogen-bond acceptors (Lipinski definition) is 4. The molecule has 0 aliphatic heterocycles. The van der Waals surface area contributed by atoms with Gasteiger partial charge in [0, 0.05) is 17.7 Å². The summed E-state index contributed by atoms with van der Waals surface area (Å²) in [5.74, 6) is 5.76.